The van der Waals surface area contributed by atoms with Gasteiger partial charge in [0.2, 0.25) is 0 Å². The molecule has 8 heteroatoms. The van der Waals surface area contributed by atoms with Crippen LogP contribution in [0.5, 0.6) is 0 Å². The maximum absolute atomic E-state index is 5.38. The van der Waals surface area contributed by atoms with Gasteiger partial charge in [0.1, 0.15) is 0 Å². The predicted octanol–water partition coefficient (Wildman–Crippen LogP) is 40.4. The van der Waals surface area contributed by atoms with Crippen LogP contribution >= 0.6 is 0 Å². The molecule has 0 unspecified atom stereocenters. The summed E-state index contributed by atoms with van der Waals surface area (Å²) >= 11 is 0. The first-order valence-electron chi connectivity index (χ1n) is 52.8. The van der Waals surface area contributed by atoms with Gasteiger partial charge in [0, 0.05) is 49.7 Å². The maximum Gasteiger partial charge on any atom is 0.0701 e. The maximum atomic E-state index is 5.38. The van der Waals surface area contributed by atoms with E-state index in [0.29, 0.717) is 47.3 Å². The molecule has 141 heavy (non-hydrogen) atoms. The highest BCUT2D eigenvalue weighted by Crippen LogP contribution is 2.52. The van der Waals surface area contributed by atoms with Gasteiger partial charge < -0.3 is 0 Å². The summed E-state index contributed by atoms with van der Waals surface area (Å²) in [5, 5.41) is 0. The lowest BCUT2D eigenvalue weighted by Gasteiger charge is -2.37. The highest BCUT2D eigenvalue weighted by atomic mass is 14.8. The molecule has 736 valence electrons. The van der Waals surface area contributed by atoms with E-state index in [1.165, 1.54) is 111 Å². The summed E-state index contributed by atoms with van der Waals surface area (Å²) in [5.74, 6) is 4.00. The minimum absolute atomic E-state index is 0.176. The minimum Gasteiger partial charge on any atom is -0.255 e. The van der Waals surface area contributed by atoms with Crippen molar-refractivity contribution < 1.29 is 0 Å². The van der Waals surface area contributed by atoms with E-state index >= 15 is 0 Å². The Morgan fingerprint density at radius 3 is 0.340 bits per heavy atom. The molecule has 12 rings (SSSR count). The molecule has 0 radical (unpaired) electrons. The molecular formula is C133H164N8. The molecular weight excluding hydrogens is 1710 g/mol. The largest absolute Gasteiger partial charge is 0.255 e. The van der Waals surface area contributed by atoms with Crippen LogP contribution in [0.1, 0.15) is 450 Å². The summed E-state index contributed by atoms with van der Waals surface area (Å²) in [4.78, 5) is 42.4. The molecule has 0 aliphatic heterocycles. The third-order valence-corrected chi connectivity index (χ3v) is 28.4. The third kappa shape index (κ3) is 24.5. The fourth-order valence-corrected chi connectivity index (χ4v) is 20.5. The van der Waals surface area contributed by atoms with E-state index in [9.17, 15) is 0 Å². The van der Waals surface area contributed by atoms with Gasteiger partial charge in [-0.2, -0.15) is 0 Å². The Hall–Kier alpha value is -12.0. The minimum atomic E-state index is -0.908. The molecule has 8 nitrogen and oxygen atoms in total. The first-order valence-corrected chi connectivity index (χ1v) is 52.8. The number of aryl methyl sites for hydroxylation is 4. The van der Waals surface area contributed by atoms with E-state index < -0.39 is 5.41 Å². The molecule has 0 N–H and O–H groups in total. The summed E-state index contributed by atoms with van der Waals surface area (Å²) < 4.78 is 0. The molecule has 0 atom stereocenters. The Morgan fingerprint density at radius 1 is 0.142 bits per heavy atom. The van der Waals surface area contributed by atoms with Crippen molar-refractivity contribution in [3.05, 3.63) is 328 Å². The van der Waals surface area contributed by atoms with Crippen molar-refractivity contribution in [1.82, 2.24) is 0 Å². The molecule has 12 aromatic rings. The lowest BCUT2D eigenvalue weighted by atomic mass is 9.64. The van der Waals surface area contributed by atoms with Crippen LogP contribution in [0.25, 0.3) is 44.5 Å². The summed E-state index contributed by atoms with van der Waals surface area (Å²) in [6, 6.07) is 75.9. The lowest BCUT2D eigenvalue weighted by Crippen LogP contribution is -2.31. The molecule has 0 bridgehead atoms. The van der Waals surface area contributed by atoms with Crippen LogP contribution in [0.3, 0.4) is 0 Å². The fraction of sp³-hybridized carbons (Fsp3) is 0.398. The number of hydrogen-bond donors (Lipinski definition) is 0. The molecule has 0 aliphatic carbocycles. The Kier molecular flexibility index (Phi) is 35.8. The van der Waals surface area contributed by atoms with Crippen molar-refractivity contribution in [2.75, 3.05) is 0 Å². The second-order valence-electron chi connectivity index (χ2n) is 44.9. The predicted molar refractivity (Wildman–Crippen MR) is 622 cm³/mol. The summed E-state index contributed by atoms with van der Waals surface area (Å²) in [5.41, 5.74) is 45.9. The topological polar surface area (TPSA) is 98.9 Å². The van der Waals surface area contributed by atoms with E-state index in [1.54, 1.807) is 0 Å². The highest BCUT2D eigenvalue weighted by Gasteiger charge is 2.40. The standard InChI is InChI=1S/C133H164N8/c1-77(2)109-61-93(33)62-110(78(3)4)125(109)134-53-57-138-129-117(85(17)18)69-101(70-118(129)86(19)20)97-37-45-105(46-38-97)133(106-47-39-98(40-48-106)102-71-119(87(21)22)130(120(72-102)88(23)24)139-58-54-135-126-111(79(5)6)63-94(34)64-112(126)80(7)8,107-49-41-99(42-50-107)103-73-121(89(25)26)131(122(74-103)90(27)28)140-59-55-136-127-113(81(9)10)65-95(35)66-114(127)82(11)12)108-51-43-100(44-52-108)104-75-123(91(29)30)132(124(76-104)92(31)32)141-60-56-137-128-115(83(13)14)67-96(36)68-116(128)84(15)16/h37-92H,1-36H3. The second-order valence-corrected chi connectivity index (χ2v) is 44.9. The van der Waals surface area contributed by atoms with Crippen LogP contribution in [0, 0.1) is 27.7 Å². The number of aliphatic imine (C=N–C) groups is 8. The zero-order valence-electron chi connectivity index (χ0n) is 92.4. The summed E-state index contributed by atoms with van der Waals surface area (Å²) in [7, 11) is 0. The molecule has 0 aliphatic rings. The zero-order chi connectivity index (χ0) is 103. The first-order chi connectivity index (χ1) is 66.8. The van der Waals surface area contributed by atoms with Gasteiger partial charge in [0.15, 0.2) is 0 Å². The quantitative estimate of drug-likeness (QED) is 0.0276. The van der Waals surface area contributed by atoms with Gasteiger partial charge in [-0.3, -0.25) is 39.9 Å². The Morgan fingerprint density at radius 2 is 0.241 bits per heavy atom. The van der Waals surface area contributed by atoms with Crippen molar-refractivity contribution in [2.45, 2.75) is 349 Å². The number of hydrogen-bond acceptors (Lipinski definition) is 8. The zero-order valence-corrected chi connectivity index (χ0v) is 92.4. The summed E-state index contributed by atoms with van der Waals surface area (Å²) in [6.45, 7) is 81.8. The fourth-order valence-electron chi connectivity index (χ4n) is 20.5. The smallest absolute Gasteiger partial charge is 0.0701 e. The van der Waals surface area contributed by atoms with Crippen molar-refractivity contribution >= 4 is 95.2 Å². The van der Waals surface area contributed by atoms with Crippen molar-refractivity contribution in [3.8, 4) is 44.5 Å². The van der Waals surface area contributed by atoms with Crippen molar-refractivity contribution in [1.29, 1.82) is 0 Å². The van der Waals surface area contributed by atoms with Crippen molar-refractivity contribution in [3.63, 3.8) is 0 Å². The van der Waals surface area contributed by atoms with Gasteiger partial charge in [-0.25, -0.2) is 0 Å². The normalized spacial score (nSPS) is 13.2. The van der Waals surface area contributed by atoms with Gasteiger partial charge in [-0.15, -0.1) is 0 Å². The number of nitrogens with zero attached hydrogens (tertiary/aromatic N) is 8. The SMILES string of the molecule is Cc1cc(C(C)C)c(N=CC=Nc2c(C(C)C)cc(-c3ccc(C(c4ccc(-c5cc(C(C)C)c(N=CC=Nc6c(C(C)C)cc(C)cc6C(C)C)c(C(C)C)c5)cc4)(c4ccc(-c5cc(C(C)C)c(N=CC=Nc6c(C(C)C)cc(C)cc6C(C)C)c(C(C)C)c5)cc4)c4ccc(-c5cc(C(C)C)c(N=CC=Nc6c(C(C)C)cc(C)cc6C(C)C)c(C(C)C)c5)cc4)cc3)cc2C(C)C)c(C(C)C)c1. The average Bonchev–Trinajstić information content (AvgIpc) is 0.723. The Labute approximate surface area is 850 Å². The summed E-state index contributed by atoms with van der Waals surface area (Å²) in [6.07, 6.45) is 15.4. The van der Waals surface area contributed by atoms with Crippen molar-refractivity contribution in [2.24, 2.45) is 39.9 Å². The van der Waals surface area contributed by atoms with E-state index in [-0.39, 0.29) is 47.3 Å². The van der Waals surface area contributed by atoms with E-state index in [0.717, 1.165) is 112 Å². The number of benzene rings is 12. The highest BCUT2D eigenvalue weighted by molar-refractivity contribution is 6.19. The van der Waals surface area contributed by atoms with E-state index in [2.05, 4.69) is 443 Å². The van der Waals surface area contributed by atoms with Crippen LogP contribution in [-0.2, 0) is 5.41 Å². The third-order valence-electron chi connectivity index (χ3n) is 28.4. The molecule has 0 heterocycles. The average molecular weight is 1870 g/mol. The van der Waals surface area contributed by atoms with Crippen LogP contribution in [0.4, 0.5) is 45.5 Å². The second kappa shape index (κ2) is 46.8. The molecule has 0 spiro atoms. The van der Waals surface area contributed by atoms with Gasteiger partial charge in [-0.05, 0) is 327 Å². The lowest BCUT2D eigenvalue weighted by molar-refractivity contribution is 0.745. The monoisotopic (exact) mass is 1870 g/mol. The Balaban J connectivity index is 1.07. The van der Waals surface area contributed by atoms with Gasteiger partial charge in [-0.1, -0.05) is 389 Å². The molecule has 0 aromatic heterocycles. The van der Waals surface area contributed by atoms with E-state index in [1.807, 2.05) is 49.7 Å². The molecule has 12 aromatic carbocycles. The molecule has 0 amide bonds. The molecule has 0 saturated carbocycles. The molecule has 0 fully saturated rings. The van der Waals surface area contributed by atoms with Gasteiger partial charge in [0.05, 0.1) is 50.9 Å². The van der Waals surface area contributed by atoms with Crippen LogP contribution in [0.2, 0.25) is 0 Å². The van der Waals surface area contributed by atoms with Crippen LogP contribution in [0.15, 0.2) is 234 Å². The van der Waals surface area contributed by atoms with E-state index in [4.69, 9.17) is 39.9 Å². The van der Waals surface area contributed by atoms with Crippen LogP contribution < -0.4 is 0 Å². The molecule has 0 saturated heterocycles. The Bertz CT molecular complexity index is 5620. The van der Waals surface area contributed by atoms with Gasteiger partial charge >= 0.3 is 0 Å². The first kappa shape index (κ1) is 108. The van der Waals surface area contributed by atoms with Gasteiger partial charge in [0.25, 0.3) is 0 Å². The number of rotatable bonds is 36. The van der Waals surface area contributed by atoms with Crippen LogP contribution in [-0.4, -0.2) is 49.7 Å².